The van der Waals surface area contributed by atoms with Crippen LogP contribution in [0, 0.1) is 59.2 Å². The third kappa shape index (κ3) is 9.71. The summed E-state index contributed by atoms with van der Waals surface area (Å²) in [6.07, 6.45) is 23.2. The molecule has 6 rings (SSSR count). The fourth-order valence-electron chi connectivity index (χ4n) is 11.7. The normalized spacial score (nSPS) is 40.9. The number of amides is 1. The number of halogens is 2. The van der Waals surface area contributed by atoms with Gasteiger partial charge in [0.2, 0.25) is 5.91 Å². The predicted molar refractivity (Wildman–Crippen MR) is 196 cm³/mol. The van der Waals surface area contributed by atoms with Gasteiger partial charge >= 0.3 is 11.9 Å². The number of aliphatic carboxylic acids is 2. The Morgan fingerprint density at radius 1 is 0.520 bits per heavy atom. The quantitative estimate of drug-likeness (QED) is 0.124. The third-order valence-corrected chi connectivity index (χ3v) is 15.6. The summed E-state index contributed by atoms with van der Waals surface area (Å²) < 4.78 is 0. The predicted octanol–water partition coefficient (Wildman–Crippen LogP) is 8.57. The molecule has 1 amide bonds. The smallest absolute Gasteiger partial charge is 0.307 e. The molecule has 0 heterocycles. The molecule has 0 radical (unpaired) electrons. The molecule has 10 heteroatoms. The topological polar surface area (TPSA) is 125 Å². The summed E-state index contributed by atoms with van der Waals surface area (Å²) in [4.78, 5) is 43.9. The van der Waals surface area contributed by atoms with E-state index in [0.29, 0.717) is 49.0 Å². The van der Waals surface area contributed by atoms with Gasteiger partial charge in [0.15, 0.2) is 0 Å². The van der Waals surface area contributed by atoms with E-state index in [1.807, 2.05) is 0 Å². The maximum Gasteiger partial charge on any atom is 0.307 e. The standard InChI is InChI=1S/C40H64Cl2N2O6/c41-34-21-28(13-17-36(34)43-38(45)33-20-27(12-16-32(33)40(48)49)25-9-5-2-6-10-25)29-14-18-37(35(42)22-29)44-50-23-30-19-26(11-15-31(30)39(46)47)24-7-3-1-4-8-24/h24-37,44H,1-23H2,(H,43,45)(H,46,47)(H,48,49). The molecular weight excluding hydrogens is 675 g/mol. The number of rotatable bonds is 11. The van der Waals surface area contributed by atoms with Crippen LogP contribution in [-0.2, 0) is 19.2 Å². The fraction of sp³-hybridized carbons (Fsp3) is 0.925. The molecule has 6 aliphatic rings. The first-order chi connectivity index (χ1) is 24.2. The minimum absolute atomic E-state index is 0.0338. The molecule has 8 nitrogen and oxygen atoms in total. The molecule has 0 bridgehead atoms. The van der Waals surface area contributed by atoms with Crippen LogP contribution in [0.25, 0.3) is 0 Å². The van der Waals surface area contributed by atoms with Crippen molar-refractivity contribution in [1.29, 1.82) is 0 Å². The van der Waals surface area contributed by atoms with Crippen molar-refractivity contribution in [3.63, 3.8) is 0 Å². The SMILES string of the molecule is O=C(O)C1CCC(C2CCCCC2)CC1CONC1CCC(C2CCC(NC(=O)C3CC(C4CCCCC4)CCC3C(=O)O)C(Cl)C2)CC1Cl. The van der Waals surface area contributed by atoms with Crippen LogP contribution in [0.4, 0.5) is 0 Å². The number of alkyl halides is 2. The first-order valence-electron chi connectivity index (χ1n) is 20.6. The molecule has 0 aromatic carbocycles. The summed E-state index contributed by atoms with van der Waals surface area (Å²) in [7, 11) is 0. The van der Waals surface area contributed by atoms with Crippen molar-refractivity contribution in [3.05, 3.63) is 0 Å². The van der Waals surface area contributed by atoms with Crippen molar-refractivity contribution in [2.45, 2.75) is 164 Å². The number of carboxylic acids is 2. The van der Waals surface area contributed by atoms with Crippen LogP contribution < -0.4 is 10.8 Å². The highest BCUT2D eigenvalue weighted by Gasteiger charge is 2.44. The molecule has 0 spiro atoms. The van der Waals surface area contributed by atoms with E-state index in [2.05, 4.69) is 10.8 Å². The molecule has 0 saturated heterocycles. The second-order valence-corrected chi connectivity index (χ2v) is 18.6. The average molecular weight is 740 g/mol. The van der Waals surface area contributed by atoms with Gasteiger partial charge in [-0.3, -0.25) is 14.4 Å². The van der Waals surface area contributed by atoms with E-state index in [-0.39, 0.29) is 40.6 Å². The number of carboxylic acid groups (broad SMARTS) is 2. The van der Waals surface area contributed by atoms with Gasteiger partial charge in [0.25, 0.3) is 0 Å². The van der Waals surface area contributed by atoms with Crippen molar-refractivity contribution >= 4 is 41.0 Å². The molecule has 6 aliphatic carbocycles. The van der Waals surface area contributed by atoms with E-state index >= 15 is 0 Å². The van der Waals surface area contributed by atoms with E-state index in [4.69, 9.17) is 28.0 Å². The Morgan fingerprint density at radius 2 is 1.00 bits per heavy atom. The summed E-state index contributed by atoms with van der Waals surface area (Å²) in [5, 5.41) is 22.9. The second-order valence-electron chi connectivity index (χ2n) is 17.5. The van der Waals surface area contributed by atoms with Crippen LogP contribution in [0.3, 0.4) is 0 Å². The molecule has 6 fully saturated rings. The van der Waals surface area contributed by atoms with Gasteiger partial charge in [-0.1, -0.05) is 64.2 Å². The van der Waals surface area contributed by atoms with E-state index in [0.717, 1.165) is 70.1 Å². The van der Waals surface area contributed by atoms with Gasteiger partial charge in [-0.25, -0.2) is 0 Å². The molecular formula is C40H64Cl2N2O6. The highest BCUT2D eigenvalue weighted by molar-refractivity contribution is 6.21. The van der Waals surface area contributed by atoms with Crippen molar-refractivity contribution in [3.8, 4) is 0 Å². The molecule has 4 N–H and O–H groups in total. The zero-order valence-corrected chi connectivity index (χ0v) is 31.6. The Kier molecular flexibility index (Phi) is 14.1. The van der Waals surface area contributed by atoms with Crippen molar-refractivity contribution in [2.24, 2.45) is 59.2 Å². The average Bonchev–Trinajstić information content (AvgIpc) is 3.13. The Hall–Kier alpha value is -1.09. The first kappa shape index (κ1) is 38.6. The molecule has 12 atom stereocenters. The van der Waals surface area contributed by atoms with Gasteiger partial charge in [-0.05, 0) is 118 Å². The van der Waals surface area contributed by atoms with Gasteiger partial charge in [-0.15, -0.1) is 23.2 Å². The van der Waals surface area contributed by atoms with Crippen molar-refractivity contribution < 1.29 is 29.4 Å². The summed E-state index contributed by atoms with van der Waals surface area (Å²) in [6, 6.07) is -0.0956. The Morgan fingerprint density at radius 3 is 1.54 bits per heavy atom. The lowest BCUT2D eigenvalue weighted by atomic mass is 9.66. The number of hydrogen-bond acceptors (Lipinski definition) is 5. The van der Waals surface area contributed by atoms with Crippen molar-refractivity contribution in [1.82, 2.24) is 10.8 Å². The lowest BCUT2D eigenvalue weighted by molar-refractivity contribution is -0.150. The summed E-state index contributed by atoms with van der Waals surface area (Å²) in [5.74, 6) is 0.359. The Bertz CT molecular complexity index is 1130. The van der Waals surface area contributed by atoms with E-state index < -0.39 is 23.8 Å². The van der Waals surface area contributed by atoms with Crippen LogP contribution in [0.5, 0.6) is 0 Å². The van der Waals surface area contributed by atoms with Crippen LogP contribution in [-0.4, -0.2) is 57.5 Å². The van der Waals surface area contributed by atoms with Gasteiger partial charge < -0.3 is 20.4 Å². The van der Waals surface area contributed by atoms with Gasteiger partial charge in [0, 0.05) is 12.1 Å². The van der Waals surface area contributed by atoms with Gasteiger partial charge in [0.1, 0.15) is 0 Å². The molecule has 0 aromatic rings. The molecule has 0 aliphatic heterocycles. The number of nitrogens with one attached hydrogen (secondary N) is 2. The monoisotopic (exact) mass is 738 g/mol. The third-order valence-electron chi connectivity index (χ3n) is 14.7. The summed E-state index contributed by atoms with van der Waals surface area (Å²) in [6.45, 7) is 0.419. The highest BCUT2D eigenvalue weighted by atomic mass is 35.5. The van der Waals surface area contributed by atoms with Crippen LogP contribution in [0.2, 0.25) is 0 Å². The van der Waals surface area contributed by atoms with Crippen molar-refractivity contribution in [2.75, 3.05) is 6.61 Å². The van der Waals surface area contributed by atoms with Gasteiger partial charge in [0.05, 0.1) is 35.1 Å². The summed E-state index contributed by atoms with van der Waals surface area (Å²) in [5.41, 5.74) is 3.26. The molecule has 6 saturated carbocycles. The maximum absolute atomic E-state index is 13.6. The largest absolute Gasteiger partial charge is 0.481 e. The van der Waals surface area contributed by atoms with Gasteiger partial charge in [-0.2, -0.15) is 5.48 Å². The maximum atomic E-state index is 13.6. The second kappa shape index (κ2) is 18.3. The number of hydroxylamine groups is 1. The van der Waals surface area contributed by atoms with E-state index in [9.17, 15) is 24.6 Å². The highest BCUT2D eigenvalue weighted by Crippen LogP contribution is 2.45. The lowest BCUT2D eigenvalue weighted by Crippen LogP contribution is -2.51. The lowest BCUT2D eigenvalue weighted by Gasteiger charge is -2.43. The van der Waals surface area contributed by atoms with E-state index in [1.165, 1.54) is 64.2 Å². The molecule has 284 valence electrons. The van der Waals surface area contributed by atoms with Crippen LogP contribution in [0.15, 0.2) is 0 Å². The van der Waals surface area contributed by atoms with Crippen LogP contribution in [0.1, 0.15) is 141 Å². The molecule has 12 unspecified atom stereocenters. The Labute approximate surface area is 310 Å². The molecule has 0 aromatic heterocycles. The van der Waals surface area contributed by atoms with Crippen LogP contribution >= 0.6 is 23.2 Å². The fourth-order valence-corrected chi connectivity index (χ4v) is 12.5. The first-order valence-corrected chi connectivity index (χ1v) is 21.5. The molecule has 50 heavy (non-hydrogen) atoms. The number of hydrogen-bond donors (Lipinski definition) is 4. The minimum Gasteiger partial charge on any atom is -0.481 e. The zero-order chi connectivity index (χ0) is 35.2. The van der Waals surface area contributed by atoms with E-state index in [1.54, 1.807) is 0 Å². The number of carbonyl (C=O) groups excluding carboxylic acids is 1. The summed E-state index contributed by atoms with van der Waals surface area (Å²) >= 11 is 14.0. The Balaban J connectivity index is 0.938. The minimum atomic E-state index is -0.841. The zero-order valence-electron chi connectivity index (χ0n) is 30.1. The number of carbonyl (C=O) groups is 3.